The van der Waals surface area contributed by atoms with Crippen LogP contribution in [0.2, 0.25) is 5.04 Å². The molecule has 0 bridgehead atoms. The number of methoxy groups -OCH3 is 1. The molecule has 0 saturated carbocycles. The Morgan fingerprint density at radius 3 is 2.13 bits per heavy atom. The highest BCUT2D eigenvalue weighted by Gasteiger charge is 2.56. The van der Waals surface area contributed by atoms with Gasteiger partial charge in [0.1, 0.15) is 5.54 Å². The van der Waals surface area contributed by atoms with Gasteiger partial charge in [-0.25, -0.2) is 0 Å². The van der Waals surface area contributed by atoms with Crippen molar-refractivity contribution in [1.82, 2.24) is 4.90 Å². The molecule has 2 atom stereocenters. The summed E-state index contributed by atoms with van der Waals surface area (Å²) in [7, 11) is -1.05. The van der Waals surface area contributed by atoms with Crippen molar-refractivity contribution >= 4 is 24.7 Å². The molecule has 5 heteroatoms. The molecule has 0 amide bonds. The summed E-state index contributed by atoms with van der Waals surface area (Å²) in [6, 6.07) is 21.8. The minimum atomic E-state index is -2.56. The fourth-order valence-corrected chi connectivity index (χ4v) is 10.5. The lowest BCUT2D eigenvalue weighted by molar-refractivity contribution is -0.152. The van der Waals surface area contributed by atoms with Crippen LogP contribution in [0.1, 0.15) is 46.5 Å². The zero-order valence-corrected chi connectivity index (χ0v) is 20.3. The third-order valence-electron chi connectivity index (χ3n) is 7.35. The summed E-state index contributed by atoms with van der Waals surface area (Å²) in [4.78, 5) is 15.1. The first-order valence-corrected chi connectivity index (χ1v) is 13.4. The van der Waals surface area contributed by atoms with Crippen molar-refractivity contribution in [3.8, 4) is 0 Å². The Morgan fingerprint density at radius 2 is 1.61 bits per heavy atom. The smallest absolute Gasteiger partial charge is 0.326 e. The van der Waals surface area contributed by atoms with Crippen LogP contribution in [0.25, 0.3) is 0 Å². The first kappa shape index (κ1) is 22.2. The van der Waals surface area contributed by atoms with Crippen molar-refractivity contribution in [2.45, 2.75) is 63.1 Å². The van der Waals surface area contributed by atoms with Gasteiger partial charge in [-0.3, -0.25) is 9.69 Å². The van der Waals surface area contributed by atoms with Crippen molar-refractivity contribution in [2.24, 2.45) is 0 Å². The van der Waals surface area contributed by atoms with Crippen LogP contribution in [0.3, 0.4) is 0 Å². The molecule has 4 rings (SSSR count). The van der Waals surface area contributed by atoms with E-state index in [2.05, 4.69) is 86.3 Å². The molecule has 0 N–H and O–H groups in total. The van der Waals surface area contributed by atoms with E-state index in [4.69, 9.17) is 9.16 Å². The van der Waals surface area contributed by atoms with E-state index in [0.29, 0.717) is 6.61 Å². The first-order chi connectivity index (χ1) is 14.8. The predicted molar refractivity (Wildman–Crippen MR) is 127 cm³/mol. The Balaban J connectivity index is 1.69. The number of esters is 1. The summed E-state index contributed by atoms with van der Waals surface area (Å²) in [5, 5.41) is 2.55. The van der Waals surface area contributed by atoms with Gasteiger partial charge in [0, 0.05) is 6.04 Å². The lowest BCUT2D eigenvalue weighted by Crippen LogP contribution is -2.67. The highest BCUT2D eigenvalue weighted by atomic mass is 28.4. The zero-order valence-electron chi connectivity index (χ0n) is 19.3. The summed E-state index contributed by atoms with van der Waals surface area (Å²) >= 11 is 0. The van der Waals surface area contributed by atoms with E-state index < -0.39 is 13.9 Å². The molecule has 0 aromatic heterocycles. The van der Waals surface area contributed by atoms with Crippen molar-refractivity contribution in [3.63, 3.8) is 0 Å². The number of fused-ring (bicyclic) bond motifs is 1. The van der Waals surface area contributed by atoms with Gasteiger partial charge in [-0.2, -0.15) is 0 Å². The van der Waals surface area contributed by atoms with E-state index in [0.717, 1.165) is 32.2 Å². The SMILES string of the molecule is COC(=O)[C@@]12CCCN1[C@H](CO[Si](c1ccccc1)(c1ccccc1)C(C)(C)C)CC2. The molecule has 31 heavy (non-hydrogen) atoms. The maximum absolute atomic E-state index is 12.7. The molecule has 0 unspecified atom stereocenters. The molecule has 2 saturated heterocycles. The minimum absolute atomic E-state index is 0.0429. The number of carbonyl (C=O) groups excluding carboxylic acids is 1. The van der Waals surface area contributed by atoms with Gasteiger partial charge >= 0.3 is 5.97 Å². The molecule has 0 aliphatic carbocycles. The predicted octanol–water partition coefficient (Wildman–Crippen LogP) is 3.73. The largest absolute Gasteiger partial charge is 0.468 e. The highest BCUT2D eigenvalue weighted by Crippen LogP contribution is 2.44. The van der Waals surface area contributed by atoms with E-state index >= 15 is 0 Å². The van der Waals surface area contributed by atoms with Crippen molar-refractivity contribution in [2.75, 3.05) is 20.3 Å². The van der Waals surface area contributed by atoms with Gasteiger partial charge in [0.2, 0.25) is 0 Å². The van der Waals surface area contributed by atoms with E-state index in [9.17, 15) is 4.79 Å². The Morgan fingerprint density at radius 1 is 1.03 bits per heavy atom. The van der Waals surface area contributed by atoms with Crippen LogP contribution in [0.15, 0.2) is 60.7 Å². The van der Waals surface area contributed by atoms with E-state index in [1.54, 1.807) is 0 Å². The topological polar surface area (TPSA) is 38.8 Å². The van der Waals surface area contributed by atoms with Crippen LogP contribution in [0, 0.1) is 0 Å². The fourth-order valence-electron chi connectivity index (χ4n) is 5.93. The molecule has 2 aliphatic rings. The summed E-state index contributed by atoms with van der Waals surface area (Å²) < 4.78 is 12.4. The molecule has 2 aromatic carbocycles. The Bertz CT molecular complexity index is 856. The molecule has 2 aromatic rings. The minimum Gasteiger partial charge on any atom is -0.468 e. The molecule has 166 valence electrons. The van der Waals surface area contributed by atoms with Crippen LogP contribution >= 0.6 is 0 Å². The average molecular weight is 438 g/mol. The maximum atomic E-state index is 12.7. The average Bonchev–Trinajstić information content (AvgIpc) is 3.35. The van der Waals surface area contributed by atoms with Crippen molar-refractivity contribution in [1.29, 1.82) is 0 Å². The van der Waals surface area contributed by atoms with Gasteiger partial charge in [0.05, 0.1) is 13.7 Å². The van der Waals surface area contributed by atoms with Crippen LogP contribution in [-0.4, -0.2) is 51.0 Å². The zero-order chi connectivity index (χ0) is 22.1. The lowest BCUT2D eigenvalue weighted by Gasteiger charge is -2.44. The van der Waals surface area contributed by atoms with Crippen molar-refractivity contribution < 1.29 is 14.0 Å². The van der Waals surface area contributed by atoms with Crippen LogP contribution in [0.5, 0.6) is 0 Å². The van der Waals surface area contributed by atoms with E-state index in [1.165, 1.54) is 17.5 Å². The van der Waals surface area contributed by atoms with Crippen molar-refractivity contribution in [3.05, 3.63) is 60.7 Å². The Labute approximate surface area is 187 Å². The summed E-state index contributed by atoms with van der Waals surface area (Å²) in [6.07, 6.45) is 3.79. The quantitative estimate of drug-likeness (QED) is 0.510. The van der Waals surface area contributed by atoms with Gasteiger partial charge < -0.3 is 9.16 Å². The second-order valence-corrected chi connectivity index (χ2v) is 14.3. The fraction of sp³-hybridized carbons (Fsp3) is 0.500. The van der Waals surface area contributed by atoms with Crippen LogP contribution in [-0.2, 0) is 14.0 Å². The molecule has 2 fully saturated rings. The number of hydrogen-bond donors (Lipinski definition) is 0. The normalized spacial score (nSPS) is 24.2. The number of benzene rings is 2. The maximum Gasteiger partial charge on any atom is 0.326 e. The van der Waals surface area contributed by atoms with E-state index in [1.807, 2.05) is 0 Å². The third kappa shape index (κ3) is 3.67. The lowest BCUT2D eigenvalue weighted by atomic mass is 9.94. The summed E-state index contributed by atoms with van der Waals surface area (Å²) in [5.41, 5.74) is -0.436. The molecule has 2 aliphatic heterocycles. The van der Waals surface area contributed by atoms with Crippen LogP contribution < -0.4 is 10.4 Å². The number of hydrogen-bond acceptors (Lipinski definition) is 4. The number of ether oxygens (including phenoxy) is 1. The number of nitrogens with zero attached hydrogens (tertiary/aromatic N) is 1. The van der Waals surface area contributed by atoms with Gasteiger partial charge in [0.25, 0.3) is 8.32 Å². The van der Waals surface area contributed by atoms with Crippen LogP contribution in [0.4, 0.5) is 0 Å². The monoisotopic (exact) mass is 437 g/mol. The second kappa shape index (κ2) is 8.53. The van der Waals surface area contributed by atoms with Gasteiger partial charge in [-0.15, -0.1) is 0 Å². The molecular formula is C26H35NO3Si. The van der Waals surface area contributed by atoms with Gasteiger partial charge in [-0.1, -0.05) is 81.4 Å². The van der Waals surface area contributed by atoms with E-state index in [-0.39, 0.29) is 17.0 Å². The standard InChI is InChI=1S/C26H35NO3Si/c1-25(2,3)31(22-12-7-5-8-13-22,23-14-9-6-10-15-23)30-20-21-16-18-26(24(28)29-4)17-11-19-27(21)26/h5-10,12-15,21H,11,16-20H2,1-4H3/t21-,26-/m0/s1. The molecule has 0 radical (unpaired) electrons. The molecule has 0 spiro atoms. The third-order valence-corrected chi connectivity index (χ3v) is 12.4. The second-order valence-electron chi connectivity index (χ2n) is 9.99. The first-order valence-electron chi connectivity index (χ1n) is 11.5. The molecular weight excluding hydrogens is 402 g/mol. The molecule has 2 heterocycles. The Hall–Kier alpha value is -1.95. The van der Waals surface area contributed by atoms with Gasteiger partial charge in [-0.05, 0) is 47.6 Å². The Kier molecular flexibility index (Phi) is 6.12. The van der Waals surface area contributed by atoms with Gasteiger partial charge in [0.15, 0.2) is 0 Å². The summed E-state index contributed by atoms with van der Waals surface area (Å²) in [5.74, 6) is -0.0713. The summed E-state index contributed by atoms with van der Waals surface area (Å²) in [6.45, 7) is 8.52. The molecule has 4 nitrogen and oxygen atoms in total. The number of carbonyl (C=O) groups is 1. The number of rotatable bonds is 6. The highest BCUT2D eigenvalue weighted by molar-refractivity contribution is 6.99.